The van der Waals surface area contributed by atoms with Crippen LogP contribution in [0.5, 0.6) is 0 Å². The normalized spacial score (nSPS) is 8.17. The molecule has 6 heavy (non-hydrogen) atoms. The third kappa shape index (κ3) is 3.70. The highest BCUT2D eigenvalue weighted by Gasteiger charge is 1.71. The Morgan fingerprint density at radius 1 is 1.83 bits per heavy atom. The first-order valence-electron chi connectivity index (χ1n) is 1.79. The molecule has 0 saturated carbocycles. The highest BCUT2D eigenvalue weighted by atomic mass is 16.5. The van der Waals surface area contributed by atoms with Gasteiger partial charge in [-0.05, 0) is 6.42 Å². The van der Waals surface area contributed by atoms with E-state index in [-0.39, 0.29) is 0 Å². The molecule has 0 heterocycles. The third-order valence-corrected chi connectivity index (χ3v) is 0.399. The van der Waals surface area contributed by atoms with E-state index in [4.69, 9.17) is 6.58 Å². The molecule has 1 heteroatoms. The maximum Gasteiger partial charge on any atom is 0.0870 e. The minimum atomic E-state index is 0.719. The Morgan fingerprint density at radius 3 is 2.67 bits per heavy atom. The largest absolute Gasteiger partial charge is 0.378 e. The molecule has 2 radical (unpaired) electrons. The lowest BCUT2D eigenvalue weighted by molar-refractivity contribution is 0.273. The first kappa shape index (κ1) is 5.70. The van der Waals surface area contributed by atoms with E-state index < -0.39 is 0 Å². The summed E-state index contributed by atoms with van der Waals surface area (Å²) in [6.45, 7) is 6.60. The topological polar surface area (TPSA) is 9.23 Å². The van der Waals surface area contributed by atoms with Crippen molar-refractivity contribution in [1.82, 2.24) is 0 Å². The summed E-state index contributed by atoms with van der Waals surface area (Å²) in [5.41, 5.74) is 0. The Kier molecular flexibility index (Phi) is 4.46. The summed E-state index contributed by atoms with van der Waals surface area (Å²) in [7, 11) is 1.60. The van der Waals surface area contributed by atoms with Crippen molar-refractivity contribution >= 4 is 0 Å². The van der Waals surface area contributed by atoms with E-state index in [2.05, 4.69) is 4.74 Å². The highest BCUT2D eigenvalue weighted by molar-refractivity contribution is 4.67. The van der Waals surface area contributed by atoms with Crippen LogP contribution in [0.4, 0.5) is 0 Å². The molecular weight excluding hydrogens is 76.1 g/mol. The van der Waals surface area contributed by atoms with Crippen LogP contribution in [0.25, 0.3) is 0 Å². The van der Waals surface area contributed by atoms with E-state index in [9.17, 15) is 0 Å². The Balaban J connectivity index is 2.49. The molecule has 0 bridgehead atoms. The average molecular weight is 84.1 g/mol. The minimum absolute atomic E-state index is 0.719. The van der Waals surface area contributed by atoms with Gasteiger partial charge in [0.1, 0.15) is 0 Å². The lowest BCUT2D eigenvalue weighted by Crippen LogP contribution is -1.72. The number of methoxy groups -OCH3 is 1. The number of hydrogen-bond acceptors (Lipinski definition) is 1. The van der Waals surface area contributed by atoms with Crippen LogP contribution < -0.4 is 0 Å². The summed E-state index contributed by atoms with van der Waals surface area (Å²) >= 11 is 0. The van der Waals surface area contributed by atoms with Crippen molar-refractivity contribution in [3.05, 3.63) is 19.3 Å². The monoisotopic (exact) mass is 84.1 g/mol. The summed E-state index contributed by atoms with van der Waals surface area (Å²) in [4.78, 5) is 0. The molecule has 0 aromatic heterocycles. The smallest absolute Gasteiger partial charge is 0.0870 e. The zero-order valence-corrected chi connectivity index (χ0v) is 3.85. The summed E-state index contributed by atoms with van der Waals surface area (Å²) < 4.78 is 4.55. The Hall–Kier alpha value is -0.300. The molecule has 0 aromatic carbocycles. The van der Waals surface area contributed by atoms with Gasteiger partial charge in [-0.1, -0.05) is 12.7 Å². The zero-order valence-electron chi connectivity index (χ0n) is 3.85. The molecule has 0 saturated heterocycles. The van der Waals surface area contributed by atoms with Crippen molar-refractivity contribution in [2.24, 2.45) is 0 Å². The molecule has 34 valence electrons. The van der Waals surface area contributed by atoms with E-state index in [1.165, 1.54) is 6.08 Å². The van der Waals surface area contributed by atoms with Gasteiger partial charge in [-0.2, -0.15) is 0 Å². The number of ether oxygens (including phenoxy) is 1. The Labute approximate surface area is 38.6 Å². The molecular formula is C5H8O. The lowest BCUT2D eigenvalue weighted by Gasteiger charge is -1.84. The first-order chi connectivity index (χ1) is 2.91. The van der Waals surface area contributed by atoms with Crippen molar-refractivity contribution in [1.29, 1.82) is 0 Å². The van der Waals surface area contributed by atoms with Crippen LogP contribution in [0.15, 0.2) is 6.08 Å². The average Bonchev–Trinajstić information content (AvgIpc) is 1.61. The molecule has 0 aliphatic carbocycles. The standard InChI is InChI=1S/C5H8O/c1-3-4-5-6-2/h1,3,5H,4H2,2H3. The van der Waals surface area contributed by atoms with Crippen LogP contribution >= 0.6 is 0 Å². The van der Waals surface area contributed by atoms with Gasteiger partial charge in [0.05, 0.1) is 6.61 Å². The summed E-state index contributed by atoms with van der Waals surface area (Å²) in [5, 5.41) is 0. The van der Waals surface area contributed by atoms with Crippen molar-refractivity contribution in [3.8, 4) is 0 Å². The summed E-state index contributed by atoms with van der Waals surface area (Å²) in [6, 6.07) is 0. The van der Waals surface area contributed by atoms with Crippen molar-refractivity contribution in [2.45, 2.75) is 6.42 Å². The van der Waals surface area contributed by atoms with Crippen molar-refractivity contribution in [2.75, 3.05) is 7.11 Å². The van der Waals surface area contributed by atoms with Gasteiger partial charge in [0.2, 0.25) is 0 Å². The molecule has 1 nitrogen and oxygen atoms in total. The Morgan fingerprint density at radius 2 is 2.50 bits per heavy atom. The van der Waals surface area contributed by atoms with Crippen LogP contribution in [-0.4, -0.2) is 7.11 Å². The molecule has 0 N–H and O–H groups in total. The SMILES string of the molecule is [CH]=CC[CH]OC. The van der Waals surface area contributed by atoms with Crippen LogP contribution in [0.1, 0.15) is 6.42 Å². The zero-order chi connectivity index (χ0) is 4.83. The number of rotatable bonds is 3. The number of hydrogen-bond donors (Lipinski definition) is 0. The van der Waals surface area contributed by atoms with E-state index in [0.29, 0.717) is 0 Å². The van der Waals surface area contributed by atoms with E-state index in [1.807, 2.05) is 0 Å². The second-order valence-corrected chi connectivity index (χ2v) is 0.874. The van der Waals surface area contributed by atoms with E-state index >= 15 is 0 Å². The fraction of sp³-hybridized carbons (Fsp3) is 0.400. The van der Waals surface area contributed by atoms with Gasteiger partial charge in [0, 0.05) is 7.11 Å². The second kappa shape index (κ2) is 4.70. The van der Waals surface area contributed by atoms with Crippen LogP contribution in [-0.2, 0) is 4.74 Å². The molecule has 0 fully saturated rings. The first-order valence-corrected chi connectivity index (χ1v) is 1.79. The molecule has 0 aliphatic heterocycles. The molecule has 0 spiro atoms. The van der Waals surface area contributed by atoms with Crippen LogP contribution in [0.3, 0.4) is 0 Å². The fourth-order valence-electron chi connectivity index (χ4n) is 0.152. The van der Waals surface area contributed by atoms with Crippen LogP contribution in [0.2, 0.25) is 0 Å². The molecule has 0 amide bonds. The predicted molar refractivity (Wildman–Crippen MR) is 24.8 cm³/mol. The fourth-order valence-corrected chi connectivity index (χ4v) is 0.152. The molecule has 0 aliphatic rings. The lowest BCUT2D eigenvalue weighted by atomic mass is 10.5. The maximum absolute atomic E-state index is 4.98. The summed E-state index contributed by atoms with van der Waals surface area (Å²) in [5.74, 6) is 0. The van der Waals surface area contributed by atoms with Crippen molar-refractivity contribution in [3.63, 3.8) is 0 Å². The molecule has 0 rings (SSSR count). The van der Waals surface area contributed by atoms with Gasteiger partial charge < -0.3 is 4.74 Å². The van der Waals surface area contributed by atoms with E-state index in [0.717, 1.165) is 6.42 Å². The van der Waals surface area contributed by atoms with E-state index in [1.54, 1.807) is 13.7 Å². The summed E-state index contributed by atoms with van der Waals surface area (Å²) in [6.07, 6.45) is 2.25. The van der Waals surface area contributed by atoms with Crippen molar-refractivity contribution < 1.29 is 4.74 Å². The minimum Gasteiger partial charge on any atom is -0.378 e. The molecule has 0 atom stereocenters. The van der Waals surface area contributed by atoms with Gasteiger partial charge in [0.15, 0.2) is 0 Å². The third-order valence-electron chi connectivity index (χ3n) is 0.399. The van der Waals surface area contributed by atoms with Gasteiger partial charge in [0.25, 0.3) is 0 Å². The molecule has 0 aromatic rings. The van der Waals surface area contributed by atoms with Crippen LogP contribution in [0, 0.1) is 13.2 Å². The van der Waals surface area contributed by atoms with Gasteiger partial charge in [-0.15, -0.1) is 0 Å². The van der Waals surface area contributed by atoms with Gasteiger partial charge in [-0.3, -0.25) is 0 Å². The maximum atomic E-state index is 4.98. The second-order valence-electron chi connectivity index (χ2n) is 0.874. The van der Waals surface area contributed by atoms with Gasteiger partial charge >= 0.3 is 0 Å². The quantitative estimate of drug-likeness (QED) is 0.466. The van der Waals surface area contributed by atoms with Gasteiger partial charge in [-0.25, -0.2) is 0 Å². The highest BCUT2D eigenvalue weighted by Crippen LogP contribution is 1.83. The predicted octanol–water partition coefficient (Wildman–Crippen LogP) is 1.17. The Bertz CT molecular complexity index is 32.9. The molecule has 0 unspecified atom stereocenters.